The van der Waals surface area contributed by atoms with Crippen LogP contribution in [0.25, 0.3) is 11.2 Å². The molecule has 38 heavy (non-hydrogen) atoms. The molecule has 5 unspecified atom stereocenters. The van der Waals surface area contributed by atoms with E-state index in [1.807, 2.05) is 20.0 Å². The molecule has 200 valence electrons. The van der Waals surface area contributed by atoms with Gasteiger partial charge in [-0.05, 0) is 57.1 Å². The van der Waals surface area contributed by atoms with Crippen molar-refractivity contribution in [2.24, 2.45) is 11.3 Å². The number of rotatable bonds is 4. The van der Waals surface area contributed by atoms with Crippen molar-refractivity contribution in [3.63, 3.8) is 0 Å². The first-order chi connectivity index (χ1) is 18.1. The molecule has 7 rings (SSSR count). The van der Waals surface area contributed by atoms with Crippen LogP contribution in [0.1, 0.15) is 78.1 Å². The van der Waals surface area contributed by atoms with Gasteiger partial charge in [0.1, 0.15) is 11.3 Å². The highest BCUT2D eigenvalue weighted by atomic mass is 19.4. The van der Waals surface area contributed by atoms with Crippen LogP contribution < -0.4 is 5.56 Å². The van der Waals surface area contributed by atoms with E-state index in [9.17, 15) is 18.0 Å². The van der Waals surface area contributed by atoms with Gasteiger partial charge in [-0.15, -0.1) is 0 Å². The summed E-state index contributed by atoms with van der Waals surface area (Å²) in [6, 6.07) is 3.39. The number of ether oxygens (including phenoxy) is 2. The molecular formula is C27H28F3N5O3. The molecule has 0 spiro atoms. The first-order valence-corrected chi connectivity index (χ1v) is 13.2. The number of hydrogen-bond donors (Lipinski definition) is 0. The summed E-state index contributed by atoms with van der Waals surface area (Å²) in [6.45, 7) is 5.22. The van der Waals surface area contributed by atoms with E-state index in [1.165, 1.54) is 0 Å². The minimum atomic E-state index is -4.19. The van der Waals surface area contributed by atoms with Crippen LogP contribution in [0.4, 0.5) is 13.2 Å². The van der Waals surface area contributed by atoms with E-state index in [1.54, 1.807) is 16.7 Å². The normalized spacial score (nSPS) is 31.0. The lowest BCUT2D eigenvalue weighted by atomic mass is 9.72. The maximum Gasteiger partial charge on any atom is 0.394 e. The zero-order valence-electron chi connectivity index (χ0n) is 21.2. The summed E-state index contributed by atoms with van der Waals surface area (Å²) in [4.78, 5) is 31.4. The summed E-state index contributed by atoms with van der Waals surface area (Å²) in [5.41, 5.74) is 2.31. The summed E-state index contributed by atoms with van der Waals surface area (Å²) < 4.78 is 54.0. The van der Waals surface area contributed by atoms with Crippen molar-refractivity contribution in [2.45, 2.75) is 69.7 Å². The lowest BCUT2D eigenvalue weighted by Gasteiger charge is -2.36. The van der Waals surface area contributed by atoms with Gasteiger partial charge in [-0.1, -0.05) is 0 Å². The van der Waals surface area contributed by atoms with Crippen LogP contribution in [0.2, 0.25) is 0 Å². The van der Waals surface area contributed by atoms with Gasteiger partial charge in [0.05, 0.1) is 47.9 Å². The molecule has 5 heterocycles. The van der Waals surface area contributed by atoms with Crippen LogP contribution in [0.5, 0.6) is 0 Å². The lowest BCUT2D eigenvalue weighted by Crippen LogP contribution is -2.38. The summed E-state index contributed by atoms with van der Waals surface area (Å²) >= 11 is 0. The third kappa shape index (κ3) is 3.61. The standard InChI is InChI=1S/C27H28F3N5O3/c1-13-14(2)32-25-23(31-13)22(18-8-26(9-19(18)26)27(28,29)30)33-24(34-25)15-5-6-38-20(7-15)16-3-4-21(36)35(10-16)17-11-37-12-17/h3-4,10,15,17-20H,5-9,11-12H2,1-2H3. The van der Waals surface area contributed by atoms with Crippen molar-refractivity contribution in [1.29, 1.82) is 0 Å². The fourth-order valence-corrected chi connectivity index (χ4v) is 6.43. The van der Waals surface area contributed by atoms with Gasteiger partial charge in [0.15, 0.2) is 5.65 Å². The molecule has 5 atom stereocenters. The molecule has 11 heteroatoms. The van der Waals surface area contributed by atoms with Gasteiger partial charge in [-0.2, -0.15) is 13.2 Å². The van der Waals surface area contributed by atoms with E-state index in [0.29, 0.717) is 55.3 Å². The number of hydrogen-bond acceptors (Lipinski definition) is 7. The van der Waals surface area contributed by atoms with Crippen LogP contribution in [0.15, 0.2) is 23.1 Å². The first-order valence-electron chi connectivity index (χ1n) is 13.2. The number of fused-ring (bicyclic) bond motifs is 2. The van der Waals surface area contributed by atoms with Crippen LogP contribution in [0.3, 0.4) is 0 Å². The Balaban J connectivity index is 1.22. The second-order valence-corrected chi connectivity index (χ2v) is 11.3. The van der Waals surface area contributed by atoms with E-state index in [2.05, 4.69) is 9.97 Å². The fourth-order valence-electron chi connectivity index (χ4n) is 6.43. The van der Waals surface area contributed by atoms with Crippen molar-refractivity contribution in [3.05, 3.63) is 57.2 Å². The smallest absolute Gasteiger partial charge is 0.377 e. The number of aromatic nitrogens is 5. The molecule has 4 aliphatic rings. The molecule has 3 aromatic heterocycles. The Morgan fingerprint density at radius 3 is 2.53 bits per heavy atom. The molecule has 0 bridgehead atoms. The molecule has 2 saturated carbocycles. The van der Waals surface area contributed by atoms with E-state index in [4.69, 9.17) is 19.4 Å². The fraction of sp³-hybridized carbons (Fsp3) is 0.593. The van der Waals surface area contributed by atoms with Crippen LogP contribution in [-0.2, 0) is 9.47 Å². The molecule has 0 aromatic carbocycles. The van der Waals surface area contributed by atoms with Crippen molar-refractivity contribution < 1.29 is 22.6 Å². The average molecular weight is 528 g/mol. The maximum atomic E-state index is 13.6. The van der Waals surface area contributed by atoms with Gasteiger partial charge < -0.3 is 14.0 Å². The Hall–Kier alpha value is -2.92. The molecule has 2 saturated heterocycles. The van der Waals surface area contributed by atoms with E-state index in [-0.39, 0.29) is 42.4 Å². The van der Waals surface area contributed by atoms with Gasteiger partial charge in [0.2, 0.25) is 0 Å². The maximum absolute atomic E-state index is 13.6. The number of pyridine rings is 1. The van der Waals surface area contributed by atoms with Crippen LogP contribution >= 0.6 is 0 Å². The topological polar surface area (TPSA) is 92.0 Å². The van der Waals surface area contributed by atoms with Gasteiger partial charge in [-0.25, -0.2) is 19.9 Å². The highest BCUT2D eigenvalue weighted by Crippen LogP contribution is 2.79. The highest BCUT2D eigenvalue weighted by Gasteiger charge is 2.79. The third-order valence-corrected chi connectivity index (χ3v) is 9.10. The molecule has 0 amide bonds. The number of alkyl halides is 3. The Labute approximate surface area is 216 Å². The zero-order chi connectivity index (χ0) is 26.4. The Morgan fingerprint density at radius 2 is 1.84 bits per heavy atom. The largest absolute Gasteiger partial charge is 0.394 e. The number of aryl methyl sites for hydroxylation is 2. The Kier molecular flexibility index (Phi) is 5.27. The third-order valence-electron chi connectivity index (χ3n) is 9.10. The molecular weight excluding hydrogens is 499 g/mol. The SMILES string of the molecule is Cc1nc2nc(C3CCOC(c4ccc(=O)n(C5COC5)c4)C3)nc(C3CC4(C(F)(F)F)CC34)c2nc1C. The number of nitrogens with zero attached hydrogens (tertiary/aromatic N) is 5. The Bertz CT molecular complexity index is 1500. The molecule has 8 nitrogen and oxygen atoms in total. The lowest BCUT2D eigenvalue weighted by molar-refractivity contribution is -0.211. The predicted molar refractivity (Wildman–Crippen MR) is 130 cm³/mol. The molecule has 0 radical (unpaired) electrons. The zero-order valence-corrected chi connectivity index (χ0v) is 21.2. The average Bonchev–Trinajstić information content (AvgIpc) is 3.45. The van der Waals surface area contributed by atoms with Crippen molar-refractivity contribution in [1.82, 2.24) is 24.5 Å². The summed E-state index contributed by atoms with van der Waals surface area (Å²) in [7, 11) is 0. The molecule has 2 aliphatic carbocycles. The van der Waals surface area contributed by atoms with Crippen molar-refractivity contribution in [2.75, 3.05) is 19.8 Å². The van der Waals surface area contributed by atoms with Gasteiger partial charge in [0.25, 0.3) is 5.56 Å². The first kappa shape index (κ1) is 24.1. The molecule has 0 N–H and O–H groups in total. The van der Waals surface area contributed by atoms with Gasteiger partial charge in [0, 0.05) is 30.7 Å². The van der Waals surface area contributed by atoms with E-state index in [0.717, 1.165) is 17.0 Å². The van der Waals surface area contributed by atoms with Crippen LogP contribution in [-0.4, -0.2) is 50.5 Å². The number of halogens is 3. The monoisotopic (exact) mass is 527 g/mol. The quantitative estimate of drug-likeness (QED) is 0.495. The van der Waals surface area contributed by atoms with Crippen molar-refractivity contribution >= 4 is 11.2 Å². The van der Waals surface area contributed by atoms with Gasteiger partial charge >= 0.3 is 6.18 Å². The van der Waals surface area contributed by atoms with Gasteiger partial charge in [-0.3, -0.25) is 4.79 Å². The van der Waals surface area contributed by atoms with Crippen molar-refractivity contribution in [3.8, 4) is 0 Å². The minimum Gasteiger partial charge on any atom is -0.377 e. The summed E-state index contributed by atoms with van der Waals surface area (Å²) in [5, 5.41) is 0. The highest BCUT2D eigenvalue weighted by molar-refractivity contribution is 5.74. The molecule has 4 fully saturated rings. The van der Waals surface area contributed by atoms with E-state index < -0.39 is 17.5 Å². The van der Waals surface area contributed by atoms with E-state index >= 15 is 0 Å². The summed E-state index contributed by atoms with van der Waals surface area (Å²) in [5.74, 6) is -0.208. The molecule has 2 aliphatic heterocycles. The summed E-state index contributed by atoms with van der Waals surface area (Å²) in [6.07, 6.45) is -1.09. The Morgan fingerprint density at radius 1 is 1.05 bits per heavy atom. The minimum absolute atomic E-state index is 0.0344. The predicted octanol–water partition coefficient (Wildman–Crippen LogP) is 4.46. The molecule has 3 aromatic rings. The van der Waals surface area contributed by atoms with Crippen LogP contribution in [0, 0.1) is 25.2 Å². The second-order valence-electron chi connectivity index (χ2n) is 11.3. The second kappa shape index (κ2) is 8.29.